The molecule has 132 valence electrons. The zero-order valence-electron chi connectivity index (χ0n) is 12.8. The Morgan fingerprint density at radius 3 is 2.20 bits per heavy atom. The van der Waals surface area contributed by atoms with Gasteiger partial charge in [-0.05, 0) is 17.7 Å². The average Bonchev–Trinajstić information content (AvgIpc) is 2.58. The molecule has 2 rings (SSSR count). The van der Waals surface area contributed by atoms with Crippen molar-refractivity contribution < 1.29 is 9.72 Å². The highest BCUT2D eigenvalue weighted by Crippen LogP contribution is 2.29. The van der Waals surface area contributed by atoms with Crippen LogP contribution in [0.4, 0.5) is 5.69 Å². The second-order valence-corrected chi connectivity index (χ2v) is 7.49. The minimum absolute atomic E-state index is 0.114. The van der Waals surface area contributed by atoms with Gasteiger partial charge in [0.25, 0.3) is 11.6 Å². The third-order valence-corrected chi connectivity index (χ3v) is 3.95. The van der Waals surface area contributed by atoms with Crippen LogP contribution in [0, 0.1) is 10.1 Å². The highest BCUT2D eigenvalue weighted by atomic mass is 35.6. The Morgan fingerprint density at radius 2 is 1.68 bits per heavy atom. The van der Waals surface area contributed by atoms with Gasteiger partial charge in [0.1, 0.15) is 6.17 Å². The highest BCUT2D eigenvalue weighted by molar-refractivity contribution is 6.68. The fourth-order valence-electron chi connectivity index (χ4n) is 2.01. The van der Waals surface area contributed by atoms with Gasteiger partial charge in [-0.1, -0.05) is 65.1 Å². The molecule has 2 aromatic rings. The zero-order valence-corrected chi connectivity index (χ0v) is 15.1. The Bertz CT molecular complexity index is 734. The SMILES string of the molecule is O=C(N[C@@H](NCc1ccccc1)C(Cl)(Cl)Cl)c1ccc([N+](=O)[O-])cc1. The van der Waals surface area contributed by atoms with Crippen LogP contribution in [0.5, 0.6) is 0 Å². The maximum absolute atomic E-state index is 12.3. The van der Waals surface area contributed by atoms with Crippen molar-refractivity contribution in [1.29, 1.82) is 0 Å². The van der Waals surface area contributed by atoms with E-state index in [1.54, 1.807) is 0 Å². The molecule has 0 spiro atoms. The number of nitro benzene ring substituents is 1. The Morgan fingerprint density at radius 1 is 1.08 bits per heavy atom. The average molecular weight is 403 g/mol. The lowest BCUT2D eigenvalue weighted by molar-refractivity contribution is -0.384. The van der Waals surface area contributed by atoms with Gasteiger partial charge in [-0.25, -0.2) is 0 Å². The first kappa shape index (κ1) is 19.5. The van der Waals surface area contributed by atoms with Gasteiger partial charge in [0.05, 0.1) is 4.92 Å². The van der Waals surface area contributed by atoms with Gasteiger partial charge in [-0.2, -0.15) is 0 Å². The van der Waals surface area contributed by atoms with E-state index in [0.29, 0.717) is 6.54 Å². The van der Waals surface area contributed by atoms with Gasteiger partial charge in [0, 0.05) is 24.2 Å². The minimum atomic E-state index is -1.79. The number of halogens is 3. The number of nitro groups is 1. The minimum Gasteiger partial charge on any atom is -0.333 e. The van der Waals surface area contributed by atoms with Gasteiger partial charge in [-0.3, -0.25) is 20.2 Å². The fraction of sp³-hybridized carbons (Fsp3) is 0.188. The zero-order chi connectivity index (χ0) is 18.4. The van der Waals surface area contributed by atoms with E-state index in [2.05, 4.69) is 10.6 Å². The van der Waals surface area contributed by atoms with Crippen molar-refractivity contribution in [3.63, 3.8) is 0 Å². The van der Waals surface area contributed by atoms with Crippen molar-refractivity contribution in [3.05, 3.63) is 75.8 Å². The monoisotopic (exact) mass is 401 g/mol. The van der Waals surface area contributed by atoms with Crippen molar-refractivity contribution in [2.45, 2.75) is 16.5 Å². The number of hydrogen-bond donors (Lipinski definition) is 2. The Hall–Kier alpha value is -1.86. The Balaban J connectivity index is 2.05. The summed E-state index contributed by atoms with van der Waals surface area (Å²) in [5.74, 6) is -0.521. The van der Waals surface area contributed by atoms with E-state index < -0.39 is 20.8 Å². The summed E-state index contributed by atoms with van der Waals surface area (Å²) in [5, 5.41) is 16.2. The van der Waals surface area contributed by atoms with Crippen LogP contribution in [0.15, 0.2) is 54.6 Å². The summed E-state index contributed by atoms with van der Waals surface area (Å²) in [6, 6.07) is 14.5. The highest BCUT2D eigenvalue weighted by Gasteiger charge is 2.33. The maximum Gasteiger partial charge on any atom is 0.269 e. The molecule has 0 saturated heterocycles. The molecule has 0 saturated carbocycles. The predicted molar refractivity (Wildman–Crippen MR) is 97.9 cm³/mol. The van der Waals surface area contributed by atoms with E-state index in [1.165, 1.54) is 24.3 Å². The first-order valence-electron chi connectivity index (χ1n) is 7.17. The lowest BCUT2D eigenvalue weighted by atomic mass is 10.2. The quantitative estimate of drug-likeness (QED) is 0.333. The molecule has 0 aliphatic rings. The number of non-ortho nitro benzene ring substituents is 1. The molecule has 0 aliphatic heterocycles. The second-order valence-electron chi connectivity index (χ2n) is 5.12. The van der Waals surface area contributed by atoms with Gasteiger partial charge in [-0.15, -0.1) is 0 Å². The van der Waals surface area contributed by atoms with Gasteiger partial charge in [0.2, 0.25) is 3.79 Å². The van der Waals surface area contributed by atoms with E-state index in [0.717, 1.165) is 5.56 Å². The number of carbonyl (C=O) groups is 1. The molecular weight excluding hydrogens is 389 g/mol. The summed E-state index contributed by atoms with van der Waals surface area (Å²) >= 11 is 17.8. The summed E-state index contributed by atoms with van der Waals surface area (Å²) in [4.78, 5) is 22.4. The number of nitrogens with one attached hydrogen (secondary N) is 2. The normalized spacial score (nSPS) is 12.4. The molecule has 1 atom stereocenters. The molecule has 9 heteroatoms. The largest absolute Gasteiger partial charge is 0.333 e. The lowest BCUT2D eigenvalue weighted by Gasteiger charge is -2.26. The second kappa shape index (κ2) is 8.49. The fourth-order valence-corrected chi connectivity index (χ4v) is 2.41. The molecule has 0 heterocycles. The van der Waals surface area contributed by atoms with Crippen molar-refractivity contribution in [2.75, 3.05) is 0 Å². The van der Waals surface area contributed by atoms with Crippen molar-refractivity contribution in [3.8, 4) is 0 Å². The first-order valence-corrected chi connectivity index (χ1v) is 8.30. The van der Waals surface area contributed by atoms with Crippen LogP contribution in [0.3, 0.4) is 0 Å². The summed E-state index contributed by atoms with van der Waals surface area (Å²) in [5.41, 5.74) is 1.05. The molecule has 0 aliphatic carbocycles. The number of carbonyl (C=O) groups excluding carboxylic acids is 1. The number of nitrogens with zero attached hydrogens (tertiary/aromatic N) is 1. The summed E-state index contributed by atoms with van der Waals surface area (Å²) < 4.78 is -1.79. The smallest absolute Gasteiger partial charge is 0.269 e. The third kappa shape index (κ3) is 5.86. The molecule has 2 aromatic carbocycles. The lowest BCUT2D eigenvalue weighted by Crippen LogP contribution is -2.53. The Kier molecular flexibility index (Phi) is 6.61. The molecule has 2 N–H and O–H groups in total. The number of rotatable bonds is 6. The molecule has 0 radical (unpaired) electrons. The summed E-state index contributed by atoms with van der Waals surface area (Å²) in [7, 11) is 0. The van der Waals surface area contributed by atoms with E-state index in [9.17, 15) is 14.9 Å². The number of alkyl halides is 3. The van der Waals surface area contributed by atoms with E-state index >= 15 is 0 Å². The van der Waals surface area contributed by atoms with Gasteiger partial charge in [0.15, 0.2) is 0 Å². The van der Waals surface area contributed by atoms with Crippen LogP contribution in [-0.2, 0) is 6.54 Å². The van der Waals surface area contributed by atoms with Crippen molar-refractivity contribution in [2.24, 2.45) is 0 Å². The number of amides is 1. The van der Waals surface area contributed by atoms with E-state index in [1.807, 2.05) is 30.3 Å². The summed E-state index contributed by atoms with van der Waals surface area (Å²) in [6.07, 6.45) is -0.958. The van der Waals surface area contributed by atoms with Gasteiger partial charge < -0.3 is 5.32 Å². The van der Waals surface area contributed by atoms with E-state index in [4.69, 9.17) is 34.8 Å². The van der Waals surface area contributed by atoms with Crippen LogP contribution in [0.1, 0.15) is 15.9 Å². The van der Waals surface area contributed by atoms with Crippen LogP contribution < -0.4 is 10.6 Å². The molecule has 0 fully saturated rings. The van der Waals surface area contributed by atoms with Gasteiger partial charge >= 0.3 is 0 Å². The third-order valence-electron chi connectivity index (χ3n) is 3.30. The first-order chi connectivity index (χ1) is 11.8. The topological polar surface area (TPSA) is 84.3 Å². The molecule has 6 nitrogen and oxygen atoms in total. The van der Waals surface area contributed by atoms with Crippen molar-refractivity contribution >= 4 is 46.4 Å². The maximum atomic E-state index is 12.3. The number of benzene rings is 2. The van der Waals surface area contributed by atoms with Crippen LogP contribution >= 0.6 is 34.8 Å². The molecular formula is C16H14Cl3N3O3. The number of hydrogen-bond acceptors (Lipinski definition) is 4. The molecule has 25 heavy (non-hydrogen) atoms. The molecule has 0 unspecified atom stereocenters. The standard InChI is InChI=1S/C16H14Cl3N3O3/c17-16(18,19)15(20-10-11-4-2-1-3-5-11)21-14(23)12-6-8-13(9-7-12)22(24)25/h1-9,15,20H,10H2,(H,21,23)/t15-/m1/s1. The van der Waals surface area contributed by atoms with Crippen molar-refractivity contribution in [1.82, 2.24) is 10.6 Å². The Labute approximate surface area is 159 Å². The summed E-state index contributed by atoms with van der Waals surface area (Å²) in [6.45, 7) is 0.375. The van der Waals surface area contributed by atoms with Crippen LogP contribution in [-0.4, -0.2) is 20.8 Å². The molecule has 1 amide bonds. The molecule has 0 bridgehead atoms. The van der Waals surface area contributed by atoms with E-state index in [-0.39, 0.29) is 11.3 Å². The predicted octanol–water partition coefficient (Wildman–Crippen LogP) is 3.81. The molecule has 0 aromatic heterocycles. The van der Waals surface area contributed by atoms with Crippen LogP contribution in [0.2, 0.25) is 0 Å². The van der Waals surface area contributed by atoms with Crippen LogP contribution in [0.25, 0.3) is 0 Å².